The summed E-state index contributed by atoms with van der Waals surface area (Å²) in [6.07, 6.45) is -1.25. The summed E-state index contributed by atoms with van der Waals surface area (Å²) in [6.45, 7) is -0.191. The maximum absolute atomic E-state index is 12.4. The number of fused-ring (bicyclic) bond motifs is 1. The molecule has 0 fully saturated rings. The number of carbonyl (C=O) groups is 2. The molecular weight excluding hydrogens is 282 g/mol. The van der Waals surface area contributed by atoms with E-state index in [1.807, 2.05) is 0 Å². The fraction of sp³-hybridized carbons (Fsp3) is 0.429. The Kier molecular flexibility index (Phi) is 4.40. The summed E-state index contributed by atoms with van der Waals surface area (Å²) in [4.78, 5) is 25.6. The molecule has 7 heteroatoms. The molecule has 1 aliphatic rings. The summed E-state index contributed by atoms with van der Waals surface area (Å²) in [5.74, 6) is -1.03. The van der Waals surface area contributed by atoms with Crippen LogP contribution in [-0.2, 0) is 6.42 Å². The standard InChI is InChI=1S/C14H16F2N2O3/c1-17(8-12(15)16)14(21)18-6-2-3-9-7-10(13(19)20)4-5-11(9)18/h4-5,7,12H,2-3,6,8H2,1H3,(H,19,20). The molecule has 0 bridgehead atoms. The van der Waals surface area contributed by atoms with Crippen LogP contribution in [0.4, 0.5) is 19.3 Å². The highest BCUT2D eigenvalue weighted by Gasteiger charge is 2.26. The highest BCUT2D eigenvalue weighted by Crippen LogP contribution is 2.29. The summed E-state index contributed by atoms with van der Waals surface area (Å²) in [7, 11) is 1.33. The van der Waals surface area contributed by atoms with Gasteiger partial charge in [-0.15, -0.1) is 0 Å². The number of carboxylic acid groups (broad SMARTS) is 1. The van der Waals surface area contributed by atoms with Gasteiger partial charge in [0.15, 0.2) is 0 Å². The second-order valence-corrected chi connectivity index (χ2v) is 4.96. The quantitative estimate of drug-likeness (QED) is 0.932. The number of amides is 2. The van der Waals surface area contributed by atoms with Crippen LogP contribution in [0.25, 0.3) is 0 Å². The second kappa shape index (κ2) is 6.07. The fourth-order valence-corrected chi connectivity index (χ4v) is 2.42. The molecule has 0 aromatic heterocycles. The van der Waals surface area contributed by atoms with Gasteiger partial charge in [0.05, 0.1) is 12.1 Å². The third-order valence-corrected chi connectivity index (χ3v) is 3.41. The van der Waals surface area contributed by atoms with Gasteiger partial charge >= 0.3 is 12.0 Å². The van der Waals surface area contributed by atoms with Crippen molar-refractivity contribution < 1.29 is 23.5 Å². The molecule has 0 saturated heterocycles. The number of carbonyl (C=O) groups excluding carboxylic acids is 1. The molecule has 2 rings (SSSR count). The maximum Gasteiger partial charge on any atom is 0.335 e. The second-order valence-electron chi connectivity index (χ2n) is 4.96. The van der Waals surface area contributed by atoms with Crippen molar-refractivity contribution in [3.05, 3.63) is 29.3 Å². The highest BCUT2D eigenvalue weighted by molar-refractivity contribution is 5.95. The van der Waals surface area contributed by atoms with Gasteiger partial charge in [-0.25, -0.2) is 18.4 Å². The third kappa shape index (κ3) is 3.29. The van der Waals surface area contributed by atoms with Crippen molar-refractivity contribution in [2.24, 2.45) is 0 Å². The maximum atomic E-state index is 12.4. The Balaban J connectivity index is 2.25. The van der Waals surface area contributed by atoms with Crippen molar-refractivity contribution in [3.8, 4) is 0 Å². The molecule has 21 heavy (non-hydrogen) atoms. The zero-order chi connectivity index (χ0) is 15.6. The van der Waals surface area contributed by atoms with E-state index < -0.39 is 25.0 Å². The molecule has 0 spiro atoms. The molecule has 0 saturated carbocycles. The first kappa shape index (κ1) is 15.2. The van der Waals surface area contributed by atoms with E-state index in [1.54, 1.807) is 6.07 Å². The van der Waals surface area contributed by atoms with Crippen molar-refractivity contribution in [2.75, 3.05) is 25.0 Å². The van der Waals surface area contributed by atoms with Gasteiger partial charge in [-0.2, -0.15) is 0 Å². The Morgan fingerprint density at radius 2 is 2.14 bits per heavy atom. The predicted molar refractivity (Wildman–Crippen MR) is 73.1 cm³/mol. The van der Waals surface area contributed by atoms with Crippen LogP contribution in [-0.4, -0.2) is 48.6 Å². The van der Waals surface area contributed by atoms with E-state index in [0.29, 0.717) is 25.1 Å². The smallest absolute Gasteiger partial charge is 0.335 e. The normalized spacial score (nSPS) is 14.0. The molecular formula is C14H16F2N2O3. The Labute approximate surface area is 120 Å². The van der Waals surface area contributed by atoms with Gasteiger partial charge in [0.1, 0.15) is 0 Å². The number of alkyl halides is 2. The predicted octanol–water partition coefficient (Wildman–Crippen LogP) is 2.45. The molecule has 0 aliphatic carbocycles. The van der Waals surface area contributed by atoms with Crippen molar-refractivity contribution in [1.29, 1.82) is 0 Å². The van der Waals surface area contributed by atoms with Crippen LogP contribution in [0.5, 0.6) is 0 Å². The molecule has 1 aliphatic heterocycles. The third-order valence-electron chi connectivity index (χ3n) is 3.41. The number of carboxylic acids is 1. The Morgan fingerprint density at radius 1 is 1.43 bits per heavy atom. The van der Waals surface area contributed by atoms with Gasteiger partial charge < -0.3 is 10.0 Å². The van der Waals surface area contributed by atoms with E-state index in [1.165, 1.54) is 24.1 Å². The number of hydrogen-bond donors (Lipinski definition) is 1. The van der Waals surface area contributed by atoms with E-state index in [-0.39, 0.29) is 5.56 Å². The first-order valence-corrected chi connectivity index (χ1v) is 6.57. The van der Waals surface area contributed by atoms with Crippen LogP contribution < -0.4 is 4.90 Å². The SMILES string of the molecule is CN(CC(F)F)C(=O)N1CCCc2cc(C(=O)O)ccc21. The summed E-state index contributed by atoms with van der Waals surface area (Å²) in [5.41, 5.74) is 1.50. The average Bonchev–Trinajstić information content (AvgIpc) is 2.44. The number of nitrogens with zero attached hydrogens (tertiary/aromatic N) is 2. The zero-order valence-electron chi connectivity index (χ0n) is 11.6. The van der Waals surface area contributed by atoms with Crippen molar-refractivity contribution in [3.63, 3.8) is 0 Å². The summed E-state index contributed by atoms with van der Waals surface area (Å²) in [5, 5.41) is 8.98. The molecule has 1 N–H and O–H groups in total. The van der Waals surface area contributed by atoms with Gasteiger partial charge in [-0.1, -0.05) is 0 Å². The number of hydrogen-bond acceptors (Lipinski definition) is 2. The monoisotopic (exact) mass is 298 g/mol. The molecule has 0 unspecified atom stereocenters. The molecule has 5 nitrogen and oxygen atoms in total. The minimum absolute atomic E-state index is 0.156. The van der Waals surface area contributed by atoms with Crippen LogP contribution in [0, 0.1) is 0 Å². The van der Waals surface area contributed by atoms with Crippen LogP contribution in [0.2, 0.25) is 0 Å². The fourth-order valence-electron chi connectivity index (χ4n) is 2.42. The summed E-state index contributed by atoms with van der Waals surface area (Å²) < 4.78 is 24.7. The van der Waals surface area contributed by atoms with E-state index in [9.17, 15) is 18.4 Å². The van der Waals surface area contributed by atoms with Crippen LogP contribution in [0.1, 0.15) is 22.3 Å². The lowest BCUT2D eigenvalue weighted by atomic mass is 9.99. The molecule has 1 aromatic carbocycles. The molecule has 2 amide bonds. The number of halogens is 2. The van der Waals surface area contributed by atoms with Crippen LogP contribution in [0.15, 0.2) is 18.2 Å². The Hall–Kier alpha value is -2.18. The molecule has 0 atom stereocenters. The first-order valence-electron chi connectivity index (χ1n) is 6.57. The highest BCUT2D eigenvalue weighted by atomic mass is 19.3. The van der Waals surface area contributed by atoms with Gasteiger partial charge in [0.2, 0.25) is 0 Å². The lowest BCUT2D eigenvalue weighted by molar-refractivity contribution is 0.0696. The van der Waals surface area contributed by atoms with Gasteiger partial charge in [-0.3, -0.25) is 4.90 Å². The van der Waals surface area contributed by atoms with Crippen molar-refractivity contribution >= 4 is 17.7 Å². The molecule has 0 radical (unpaired) electrons. The summed E-state index contributed by atoms with van der Waals surface area (Å²) in [6, 6.07) is 4.01. The molecule has 1 aromatic rings. The first-order chi connectivity index (χ1) is 9.90. The molecule has 1 heterocycles. The van der Waals surface area contributed by atoms with E-state index in [4.69, 9.17) is 5.11 Å². The number of aryl methyl sites for hydroxylation is 1. The van der Waals surface area contributed by atoms with Gasteiger partial charge in [-0.05, 0) is 36.6 Å². The largest absolute Gasteiger partial charge is 0.478 e. The minimum Gasteiger partial charge on any atom is -0.478 e. The van der Waals surface area contributed by atoms with Gasteiger partial charge in [0, 0.05) is 19.3 Å². The van der Waals surface area contributed by atoms with E-state index in [2.05, 4.69) is 0 Å². The summed E-state index contributed by atoms with van der Waals surface area (Å²) >= 11 is 0. The molecule has 114 valence electrons. The van der Waals surface area contributed by atoms with Crippen molar-refractivity contribution in [2.45, 2.75) is 19.3 Å². The number of urea groups is 1. The zero-order valence-corrected chi connectivity index (χ0v) is 11.6. The minimum atomic E-state index is -2.59. The number of aromatic carboxylic acids is 1. The van der Waals surface area contributed by atoms with E-state index >= 15 is 0 Å². The van der Waals surface area contributed by atoms with Crippen LogP contribution in [0.3, 0.4) is 0 Å². The average molecular weight is 298 g/mol. The lowest BCUT2D eigenvalue weighted by Gasteiger charge is -2.32. The van der Waals surface area contributed by atoms with E-state index in [0.717, 1.165) is 10.5 Å². The Morgan fingerprint density at radius 3 is 2.76 bits per heavy atom. The topological polar surface area (TPSA) is 60.9 Å². The number of benzene rings is 1. The van der Waals surface area contributed by atoms with Gasteiger partial charge in [0.25, 0.3) is 6.43 Å². The number of anilines is 1. The Bertz CT molecular complexity index is 563. The number of rotatable bonds is 3. The lowest BCUT2D eigenvalue weighted by Crippen LogP contribution is -2.45. The van der Waals surface area contributed by atoms with Crippen molar-refractivity contribution in [1.82, 2.24) is 4.90 Å². The van der Waals surface area contributed by atoms with Crippen LogP contribution >= 0.6 is 0 Å².